The summed E-state index contributed by atoms with van der Waals surface area (Å²) < 4.78 is 1.24. The van der Waals surface area contributed by atoms with Gasteiger partial charge in [0, 0.05) is 18.9 Å². The highest BCUT2D eigenvalue weighted by Crippen LogP contribution is 2.25. The van der Waals surface area contributed by atoms with Crippen LogP contribution in [0, 0.1) is 0 Å². The van der Waals surface area contributed by atoms with Crippen molar-refractivity contribution in [3.8, 4) is 0 Å². The first kappa shape index (κ1) is 15.5. The first-order valence-corrected chi connectivity index (χ1v) is 7.04. The van der Waals surface area contributed by atoms with Crippen molar-refractivity contribution in [3.05, 3.63) is 62.8 Å². The standard InChI is InChI=1S/C14H13Cl2N3O2/c15-11-4-1-3-10(13(11)16)5-7-17-12(20)9-19-8-2-6-18-14(19)21/h1-4,6,8H,5,7,9H2,(H,17,20). The van der Waals surface area contributed by atoms with Crippen LogP contribution < -0.4 is 11.0 Å². The molecule has 7 heteroatoms. The van der Waals surface area contributed by atoms with E-state index in [4.69, 9.17) is 23.2 Å². The highest BCUT2D eigenvalue weighted by Gasteiger charge is 2.06. The third-order valence-corrected chi connectivity index (χ3v) is 3.70. The number of hydrogen-bond acceptors (Lipinski definition) is 3. The van der Waals surface area contributed by atoms with Gasteiger partial charge in [-0.1, -0.05) is 35.3 Å². The van der Waals surface area contributed by atoms with Gasteiger partial charge in [-0.05, 0) is 24.1 Å². The van der Waals surface area contributed by atoms with E-state index in [-0.39, 0.29) is 12.5 Å². The molecular weight excluding hydrogens is 313 g/mol. The van der Waals surface area contributed by atoms with E-state index in [0.29, 0.717) is 23.0 Å². The zero-order valence-corrected chi connectivity index (χ0v) is 12.6. The minimum atomic E-state index is -0.453. The van der Waals surface area contributed by atoms with Gasteiger partial charge >= 0.3 is 5.69 Å². The molecule has 0 atom stereocenters. The van der Waals surface area contributed by atoms with Crippen molar-refractivity contribution in [2.24, 2.45) is 0 Å². The molecular formula is C14H13Cl2N3O2. The monoisotopic (exact) mass is 325 g/mol. The van der Waals surface area contributed by atoms with Crippen LogP contribution in [0.1, 0.15) is 5.56 Å². The smallest absolute Gasteiger partial charge is 0.347 e. The number of hydrogen-bond donors (Lipinski definition) is 1. The zero-order valence-electron chi connectivity index (χ0n) is 11.1. The molecule has 2 aromatic rings. The Morgan fingerprint density at radius 2 is 2.10 bits per heavy atom. The van der Waals surface area contributed by atoms with Crippen molar-refractivity contribution >= 4 is 29.1 Å². The molecule has 21 heavy (non-hydrogen) atoms. The Hall–Kier alpha value is -1.85. The topological polar surface area (TPSA) is 64.0 Å². The molecule has 0 aliphatic heterocycles. The Morgan fingerprint density at radius 3 is 2.86 bits per heavy atom. The molecule has 0 saturated carbocycles. The number of nitrogens with zero attached hydrogens (tertiary/aromatic N) is 2. The molecule has 5 nitrogen and oxygen atoms in total. The van der Waals surface area contributed by atoms with Crippen LogP contribution in [0.5, 0.6) is 0 Å². The Labute approximate surface area is 131 Å². The molecule has 0 saturated heterocycles. The second-order valence-corrected chi connectivity index (χ2v) is 5.13. The quantitative estimate of drug-likeness (QED) is 0.913. The number of aromatic nitrogens is 2. The van der Waals surface area contributed by atoms with Gasteiger partial charge in [0.05, 0.1) is 10.0 Å². The number of benzene rings is 1. The number of halogens is 2. The summed E-state index contributed by atoms with van der Waals surface area (Å²) in [6.45, 7) is 0.351. The van der Waals surface area contributed by atoms with E-state index in [1.807, 2.05) is 6.07 Å². The molecule has 0 fully saturated rings. The van der Waals surface area contributed by atoms with E-state index >= 15 is 0 Å². The lowest BCUT2D eigenvalue weighted by Crippen LogP contribution is -2.33. The van der Waals surface area contributed by atoms with Crippen molar-refractivity contribution in [3.63, 3.8) is 0 Å². The third-order valence-electron chi connectivity index (χ3n) is 2.84. The van der Waals surface area contributed by atoms with Crippen molar-refractivity contribution < 1.29 is 4.79 Å². The van der Waals surface area contributed by atoms with Crippen LogP contribution in [0.15, 0.2) is 41.5 Å². The first-order chi connectivity index (χ1) is 10.1. The molecule has 1 amide bonds. The number of nitrogens with one attached hydrogen (secondary N) is 1. The number of amides is 1. The van der Waals surface area contributed by atoms with E-state index in [2.05, 4.69) is 10.3 Å². The van der Waals surface area contributed by atoms with E-state index in [9.17, 15) is 9.59 Å². The molecule has 0 radical (unpaired) electrons. The molecule has 1 aromatic carbocycles. The minimum Gasteiger partial charge on any atom is -0.354 e. The van der Waals surface area contributed by atoms with Gasteiger partial charge in [0.15, 0.2) is 0 Å². The lowest BCUT2D eigenvalue weighted by atomic mass is 10.1. The van der Waals surface area contributed by atoms with Gasteiger partial charge in [0.25, 0.3) is 0 Å². The van der Waals surface area contributed by atoms with Crippen LogP contribution in [-0.2, 0) is 17.8 Å². The normalized spacial score (nSPS) is 10.4. The molecule has 0 aliphatic rings. The van der Waals surface area contributed by atoms with Crippen LogP contribution in [0.2, 0.25) is 10.0 Å². The van der Waals surface area contributed by atoms with Gasteiger partial charge in [-0.2, -0.15) is 0 Å². The fourth-order valence-corrected chi connectivity index (χ4v) is 2.21. The highest BCUT2D eigenvalue weighted by molar-refractivity contribution is 6.42. The minimum absolute atomic E-state index is 0.0596. The fourth-order valence-electron chi connectivity index (χ4n) is 1.80. The van der Waals surface area contributed by atoms with Crippen LogP contribution >= 0.6 is 23.2 Å². The first-order valence-electron chi connectivity index (χ1n) is 6.29. The predicted molar refractivity (Wildman–Crippen MR) is 81.7 cm³/mol. The number of carbonyl (C=O) groups is 1. The van der Waals surface area contributed by atoms with Gasteiger partial charge in [-0.25, -0.2) is 9.78 Å². The summed E-state index contributed by atoms with van der Waals surface area (Å²) >= 11 is 12.0. The molecule has 0 aliphatic carbocycles. The van der Waals surface area contributed by atoms with Crippen molar-refractivity contribution in [2.45, 2.75) is 13.0 Å². The Balaban J connectivity index is 1.86. The Kier molecular flexibility index (Phi) is 5.36. The summed E-state index contributed by atoms with van der Waals surface area (Å²) in [6, 6.07) is 6.97. The van der Waals surface area contributed by atoms with Crippen LogP contribution in [-0.4, -0.2) is 22.0 Å². The molecule has 0 unspecified atom stereocenters. The Morgan fingerprint density at radius 1 is 1.29 bits per heavy atom. The molecule has 0 spiro atoms. The maximum absolute atomic E-state index is 11.7. The van der Waals surface area contributed by atoms with E-state index in [0.717, 1.165) is 5.56 Å². The van der Waals surface area contributed by atoms with Crippen molar-refractivity contribution in [1.29, 1.82) is 0 Å². The van der Waals surface area contributed by atoms with Gasteiger partial charge in [0.1, 0.15) is 6.54 Å². The SMILES string of the molecule is O=C(Cn1cccnc1=O)NCCc1cccc(Cl)c1Cl. The summed E-state index contributed by atoms with van der Waals surface area (Å²) in [6.07, 6.45) is 3.47. The average Bonchev–Trinajstić information content (AvgIpc) is 2.46. The lowest BCUT2D eigenvalue weighted by Gasteiger charge is -2.08. The summed E-state index contributed by atoms with van der Waals surface area (Å²) in [5.74, 6) is -0.261. The lowest BCUT2D eigenvalue weighted by molar-refractivity contribution is -0.121. The van der Waals surface area contributed by atoms with Gasteiger partial charge in [-0.3, -0.25) is 9.36 Å². The fraction of sp³-hybridized carbons (Fsp3) is 0.214. The summed E-state index contributed by atoms with van der Waals surface area (Å²) in [5, 5.41) is 3.71. The van der Waals surface area contributed by atoms with E-state index < -0.39 is 5.69 Å². The van der Waals surface area contributed by atoms with Crippen LogP contribution in [0.25, 0.3) is 0 Å². The molecule has 1 heterocycles. The maximum Gasteiger partial charge on any atom is 0.347 e. The average molecular weight is 326 g/mol. The predicted octanol–water partition coefficient (Wildman–Crippen LogP) is 1.91. The molecule has 110 valence electrons. The van der Waals surface area contributed by atoms with Gasteiger partial charge in [0.2, 0.25) is 5.91 Å². The second-order valence-electron chi connectivity index (χ2n) is 4.34. The second kappa shape index (κ2) is 7.24. The largest absolute Gasteiger partial charge is 0.354 e. The van der Waals surface area contributed by atoms with Crippen LogP contribution in [0.4, 0.5) is 0 Å². The zero-order chi connectivity index (χ0) is 15.2. The summed E-state index contributed by atoms with van der Waals surface area (Å²) in [4.78, 5) is 26.7. The van der Waals surface area contributed by atoms with Gasteiger partial charge in [-0.15, -0.1) is 0 Å². The van der Waals surface area contributed by atoms with E-state index in [1.165, 1.54) is 17.0 Å². The highest BCUT2D eigenvalue weighted by atomic mass is 35.5. The number of rotatable bonds is 5. The summed E-state index contributed by atoms with van der Waals surface area (Å²) in [5.41, 5.74) is 0.411. The molecule has 1 aromatic heterocycles. The molecule has 0 bridgehead atoms. The maximum atomic E-state index is 11.7. The van der Waals surface area contributed by atoms with Gasteiger partial charge < -0.3 is 5.32 Å². The summed E-state index contributed by atoms with van der Waals surface area (Å²) in [7, 11) is 0. The third kappa shape index (κ3) is 4.31. The Bertz CT molecular complexity index is 701. The van der Waals surface area contributed by atoms with Crippen LogP contribution in [0.3, 0.4) is 0 Å². The molecule has 2 rings (SSSR count). The number of carbonyl (C=O) groups excluding carboxylic acids is 1. The van der Waals surface area contributed by atoms with Crippen molar-refractivity contribution in [2.75, 3.05) is 6.54 Å². The van der Waals surface area contributed by atoms with Crippen molar-refractivity contribution in [1.82, 2.24) is 14.9 Å². The molecule has 1 N–H and O–H groups in total. The van der Waals surface area contributed by atoms with E-state index in [1.54, 1.807) is 18.2 Å².